The highest BCUT2D eigenvalue weighted by molar-refractivity contribution is 5.95. The number of hydrogen-bond donors (Lipinski definition) is 1. The zero-order chi connectivity index (χ0) is 13.7. The second-order valence-electron chi connectivity index (χ2n) is 4.51. The second-order valence-corrected chi connectivity index (χ2v) is 4.51. The molecule has 0 atom stereocenters. The molecule has 1 N–H and O–H groups in total. The van der Waals surface area contributed by atoms with E-state index >= 15 is 0 Å². The van der Waals surface area contributed by atoms with Gasteiger partial charge in [-0.25, -0.2) is 0 Å². The number of para-hydroxylation sites is 1. The highest BCUT2D eigenvalue weighted by Gasteiger charge is 2.09. The number of carbonyl (C=O) groups is 1. The summed E-state index contributed by atoms with van der Waals surface area (Å²) >= 11 is 0. The molecule has 98 valence electrons. The van der Waals surface area contributed by atoms with Gasteiger partial charge in [0, 0.05) is 18.4 Å². The number of anilines is 2. The van der Waals surface area contributed by atoms with Gasteiger partial charge in [0.05, 0.1) is 6.54 Å². The van der Waals surface area contributed by atoms with Crippen LogP contribution in [0.1, 0.15) is 5.56 Å². The summed E-state index contributed by atoms with van der Waals surface area (Å²) in [4.78, 5) is 13.7. The first kappa shape index (κ1) is 13.1. The Labute approximate surface area is 113 Å². The third kappa shape index (κ3) is 3.58. The number of carbonyl (C=O) groups excluding carboxylic acids is 1. The zero-order valence-electron chi connectivity index (χ0n) is 11.3. The van der Waals surface area contributed by atoms with Gasteiger partial charge >= 0.3 is 0 Å². The van der Waals surface area contributed by atoms with E-state index in [-0.39, 0.29) is 12.5 Å². The van der Waals surface area contributed by atoms with Crippen molar-refractivity contribution in [1.82, 2.24) is 0 Å². The van der Waals surface area contributed by atoms with Gasteiger partial charge in [-0.2, -0.15) is 0 Å². The van der Waals surface area contributed by atoms with Crippen LogP contribution in [0.3, 0.4) is 0 Å². The van der Waals surface area contributed by atoms with Crippen LogP contribution in [0.2, 0.25) is 0 Å². The average Bonchev–Trinajstić information content (AvgIpc) is 2.46. The lowest BCUT2D eigenvalue weighted by Crippen LogP contribution is -2.32. The average molecular weight is 254 g/mol. The van der Waals surface area contributed by atoms with Crippen molar-refractivity contribution in [2.45, 2.75) is 6.92 Å². The molecule has 1 amide bonds. The van der Waals surface area contributed by atoms with Gasteiger partial charge in [0.15, 0.2) is 0 Å². The van der Waals surface area contributed by atoms with Crippen molar-refractivity contribution in [3.05, 3.63) is 60.2 Å². The van der Waals surface area contributed by atoms with Crippen LogP contribution in [0.4, 0.5) is 11.4 Å². The van der Waals surface area contributed by atoms with Gasteiger partial charge in [-0.05, 0) is 31.2 Å². The summed E-state index contributed by atoms with van der Waals surface area (Å²) < 4.78 is 0. The second kappa shape index (κ2) is 6.05. The molecule has 0 unspecified atom stereocenters. The maximum absolute atomic E-state index is 12.0. The summed E-state index contributed by atoms with van der Waals surface area (Å²) in [5.74, 6) is 0.0341. The summed E-state index contributed by atoms with van der Waals surface area (Å²) in [5, 5.41) is 3.13. The SMILES string of the molecule is Cc1ccc(NCC(=O)N(C)c2ccccc2)cc1. The predicted octanol–water partition coefficient (Wildman–Crippen LogP) is 3.07. The molecule has 0 spiro atoms. The van der Waals surface area contributed by atoms with Crippen molar-refractivity contribution in [3.8, 4) is 0 Å². The third-order valence-electron chi connectivity index (χ3n) is 3.01. The Kier molecular flexibility index (Phi) is 4.18. The van der Waals surface area contributed by atoms with Crippen LogP contribution in [-0.2, 0) is 4.79 Å². The van der Waals surface area contributed by atoms with Gasteiger partial charge in [-0.1, -0.05) is 35.9 Å². The molecule has 0 saturated carbocycles. The highest BCUT2D eigenvalue weighted by atomic mass is 16.2. The Morgan fingerprint density at radius 3 is 2.32 bits per heavy atom. The molecule has 2 rings (SSSR count). The molecule has 0 saturated heterocycles. The lowest BCUT2D eigenvalue weighted by Gasteiger charge is -2.17. The van der Waals surface area contributed by atoms with E-state index in [2.05, 4.69) is 5.32 Å². The van der Waals surface area contributed by atoms with E-state index < -0.39 is 0 Å². The van der Waals surface area contributed by atoms with Gasteiger partial charge in [0.2, 0.25) is 5.91 Å². The Balaban J connectivity index is 1.93. The van der Waals surface area contributed by atoms with Crippen LogP contribution < -0.4 is 10.2 Å². The first-order valence-corrected chi connectivity index (χ1v) is 6.29. The summed E-state index contributed by atoms with van der Waals surface area (Å²) in [6.07, 6.45) is 0. The van der Waals surface area contributed by atoms with Crippen LogP contribution in [0.25, 0.3) is 0 Å². The van der Waals surface area contributed by atoms with Gasteiger partial charge in [-0.3, -0.25) is 4.79 Å². The largest absolute Gasteiger partial charge is 0.376 e. The van der Waals surface area contributed by atoms with Crippen molar-refractivity contribution >= 4 is 17.3 Å². The van der Waals surface area contributed by atoms with Gasteiger partial charge in [-0.15, -0.1) is 0 Å². The molecule has 0 heterocycles. The molecule has 0 aromatic heterocycles. The van der Waals surface area contributed by atoms with Crippen LogP contribution in [-0.4, -0.2) is 19.5 Å². The highest BCUT2D eigenvalue weighted by Crippen LogP contribution is 2.12. The number of nitrogens with zero attached hydrogens (tertiary/aromatic N) is 1. The molecular weight excluding hydrogens is 236 g/mol. The fourth-order valence-corrected chi connectivity index (χ4v) is 1.76. The van der Waals surface area contributed by atoms with Gasteiger partial charge < -0.3 is 10.2 Å². The molecule has 19 heavy (non-hydrogen) atoms. The van der Waals surface area contributed by atoms with E-state index in [0.29, 0.717) is 0 Å². The first-order valence-electron chi connectivity index (χ1n) is 6.29. The molecule has 0 aliphatic carbocycles. The van der Waals surface area contributed by atoms with Gasteiger partial charge in [0.25, 0.3) is 0 Å². The molecule has 3 nitrogen and oxygen atoms in total. The van der Waals surface area contributed by atoms with Crippen LogP contribution in [0.5, 0.6) is 0 Å². The number of benzene rings is 2. The quantitative estimate of drug-likeness (QED) is 0.909. The first-order chi connectivity index (χ1) is 9.16. The lowest BCUT2D eigenvalue weighted by atomic mass is 10.2. The molecule has 2 aromatic carbocycles. The number of hydrogen-bond acceptors (Lipinski definition) is 2. The summed E-state index contributed by atoms with van der Waals surface area (Å²) in [7, 11) is 1.79. The van der Waals surface area contributed by atoms with E-state index in [0.717, 1.165) is 11.4 Å². The topological polar surface area (TPSA) is 32.3 Å². The molecule has 0 fully saturated rings. The normalized spacial score (nSPS) is 10.0. The monoisotopic (exact) mass is 254 g/mol. The minimum absolute atomic E-state index is 0.0341. The Hall–Kier alpha value is -2.29. The molecule has 0 bridgehead atoms. The number of rotatable bonds is 4. The number of amides is 1. The van der Waals surface area contributed by atoms with Crippen molar-refractivity contribution in [2.75, 3.05) is 23.8 Å². The Bertz CT molecular complexity index is 534. The van der Waals surface area contributed by atoms with Crippen LogP contribution in [0.15, 0.2) is 54.6 Å². The Morgan fingerprint density at radius 2 is 1.68 bits per heavy atom. The van der Waals surface area contributed by atoms with Crippen molar-refractivity contribution in [1.29, 1.82) is 0 Å². The lowest BCUT2D eigenvalue weighted by molar-refractivity contribution is -0.116. The fourth-order valence-electron chi connectivity index (χ4n) is 1.76. The molecule has 3 heteroatoms. The van der Waals surface area contributed by atoms with Crippen LogP contribution in [0, 0.1) is 6.92 Å². The number of aryl methyl sites for hydroxylation is 1. The minimum Gasteiger partial charge on any atom is -0.376 e. The summed E-state index contributed by atoms with van der Waals surface area (Å²) in [6, 6.07) is 17.6. The number of nitrogens with one attached hydrogen (secondary N) is 1. The van der Waals surface area contributed by atoms with Gasteiger partial charge in [0.1, 0.15) is 0 Å². The van der Waals surface area contributed by atoms with E-state index in [1.807, 2.05) is 61.5 Å². The standard InChI is InChI=1S/C16H18N2O/c1-13-8-10-14(11-9-13)17-12-16(19)18(2)15-6-4-3-5-7-15/h3-11,17H,12H2,1-2H3. The van der Waals surface area contributed by atoms with E-state index in [9.17, 15) is 4.79 Å². The van der Waals surface area contributed by atoms with Crippen LogP contribution >= 0.6 is 0 Å². The van der Waals surface area contributed by atoms with E-state index in [1.165, 1.54) is 5.56 Å². The third-order valence-corrected chi connectivity index (χ3v) is 3.01. The van der Waals surface area contributed by atoms with E-state index in [1.54, 1.807) is 11.9 Å². The van der Waals surface area contributed by atoms with Crippen molar-refractivity contribution in [2.24, 2.45) is 0 Å². The summed E-state index contributed by atoms with van der Waals surface area (Å²) in [6.45, 7) is 2.33. The molecule has 2 aromatic rings. The zero-order valence-corrected chi connectivity index (χ0v) is 11.3. The number of likely N-dealkylation sites (N-methyl/N-ethyl adjacent to an activating group) is 1. The smallest absolute Gasteiger partial charge is 0.246 e. The Morgan fingerprint density at radius 1 is 1.05 bits per heavy atom. The predicted molar refractivity (Wildman–Crippen MR) is 79.5 cm³/mol. The minimum atomic E-state index is 0.0341. The maximum Gasteiger partial charge on any atom is 0.246 e. The maximum atomic E-state index is 12.0. The van der Waals surface area contributed by atoms with E-state index in [4.69, 9.17) is 0 Å². The molecule has 0 aliphatic heterocycles. The van der Waals surface area contributed by atoms with Crippen molar-refractivity contribution in [3.63, 3.8) is 0 Å². The molecule has 0 aliphatic rings. The summed E-state index contributed by atoms with van der Waals surface area (Å²) in [5.41, 5.74) is 3.07. The van der Waals surface area contributed by atoms with Crippen molar-refractivity contribution < 1.29 is 4.79 Å². The fraction of sp³-hybridized carbons (Fsp3) is 0.188. The molecule has 0 radical (unpaired) electrons. The molecular formula is C16H18N2O.